The second-order valence-corrected chi connectivity index (χ2v) is 8.39. The number of amides is 3. The van der Waals surface area contributed by atoms with Crippen molar-refractivity contribution in [3.8, 4) is 0 Å². The van der Waals surface area contributed by atoms with Gasteiger partial charge in [0.05, 0.1) is 23.5 Å². The molecule has 3 amide bonds. The number of nitrogens with zero attached hydrogens (tertiary/aromatic N) is 3. The van der Waals surface area contributed by atoms with Crippen LogP contribution in [0.25, 0.3) is 0 Å². The smallest absolute Gasteiger partial charge is 0.325 e. The molecule has 0 unspecified atom stereocenters. The lowest BCUT2D eigenvalue weighted by atomic mass is 10.1. The van der Waals surface area contributed by atoms with Gasteiger partial charge in [0, 0.05) is 12.2 Å². The molecule has 0 bridgehead atoms. The first kappa shape index (κ1) is 26.0. The molecule has 0 spiro atoms. The average Bonchev–Trinajstić information content (AvgIpc) is 3.13. The molecule has 1 aliphatic rings. The number of pyridine rings is 1. The Hall–Kier alpha value is -4.09. The van der Waals surface area contributed by atoms with Gasteiger partial charge in [-0.25, -0.2) is 9.78 Å². The highest BCUT2D eigenvalue weighted by Gasteiger charge is 2.40. The van der Waals surface area contributed by atoms with Crippen molar-refractivity contribution in [2.75, 3.05) is 23.3 Å². The van der Waals surface area contributed by atoms with E-state index in [1.54, 1.807) is 12.1 Å². The molecule has 1 atom stereocenters. The summed E-state index contributed by atoms with van der Waals surface area (Å²) in [6.45, 7) is -0.408. The lowest BCUT2D eigenvalue weighted by molar-refractivity contribution is -0.141. The number of carbonyl (C=O) groups is 2. The number of aromatic nitrogens is 1. The van der Waals surface area contributed by atoms with Crippen LogP contribution in [0.4, 0.5) is 42.5 Å². The van der Waals surface area contributed by atoms with Crippen molar-refractivity contribution >= 4 is 23.3 Å². The Morgan fingerprint density at radius 1 is 0.946 bits per heavy atom. The van der Waals surface area contributed by atoms with E-state index in [1.165, 1.54) is 15.9 Å². The molecule has 6 nitrogen and oxygen atoms in total. The van der Waals surface area contributed by atoms with Crippen molar-refractivity contribution in [1.82, 2.24) is 9.88 Å². The Bertz CT molecular complexity index is 1260. The van der Waals surface area contributed by atoms with Crippen LogP contribution in [-0.2, 0) is 23.6 Å². The number of rotatable bonds is 6. The van der Waals surface area contributed by atoms with Crippen LogP contribution in [0, 0.1) is 0 Å². The van der Waals surface area contributed by atoms with Gasteiger partial charge in [0.15, 0.2) is 0 Å². The van der Waals surface area contributed by atoms with E-state index in [4.69, 9.17) is 0 Å². The Morgan fingerprint density at radius 2 is 1.68 bits per heavy atom. The highest BCUT2D eigenvalue weighted by molar-refractivity contribution is 5.99. The van der Waals surface area contributed by atoms with Crippen LogP contribution in [0.2, 0.25) is 0 Å². The Balaban J connectivity index is 1.54. The van der Waals surface area contributed by atoms with Crippen LogP contribution in [0.1, 0.15) is 16.8 Å². The summed E-state index contributed by atoms with van der Waals surface area (Å²) in [6, 6.07) is 13.9. The highest BCUT2D eigenvalue weighted by Crippen LogP contribution is 2.32. The third-order valence-electron chi connectivity index (χ3n) is 5.76. The zero-order valence-corrected chi connectivity index (χ0v) is 19.1. The summed E-state index contributed by atoms with van der Waals surface area (Å²) in [5, 5.41) is 2.38. The number of hydrogen-bond donors (Lipinski definition) is 1. The van der Waals surface area contributed by atoms with Crippen molar-refractivity contribution in [2.24, 2.45) is 0 Å². The molecule has 37 heavy (non-hydrogen) atoms. The van der Waals surface area contributed by atoms with E-state index < -0.39 is 48.1 Å². The van der Waals surface area contributed by atoms with E-state index in [9.17, 15) is 35.9 Å². The molecule has 0 radical (unpaired) electrons. The maximum Gasteiger partial charge on any atom is 0.433 e. The van der Waals surface area contributed by atoms with Crippen molar-refractivity contribution in [3.05, 3.63) is 89.7 Å². The number of hydrogen-bond acceptors (Lipinski definition) is 3. The SMILES string of the molecule is O=C(CN1C(=O)N(c2ccc(C(F)(F)F)nc2)C[C@@H]1Cc1ccccc1)Nc1cccc(C(F)(F)F)c1. The van der Waals surface area contributed by atoms with E-state index in [0.29, 0.717) is 6.42 Å². The summed E-state index contributed by atoms with van der Waals surface area (Å²) in [7, 11) is 0. The summed E-state index contributed by atoms with van der Waals surface area (Å²) < 4.78 is 77.7. The predicted octanol–water partition coefficient (Wildman–Crippen LogP) is 5.61. The van der Waals surface area contributed by atoms with Gasteiger partial charge in [-0.15, -0.1) is 0 Å². The standard InChI is InChI=1S/C25H20F6N4O2/c26-24(27,28)17-7-4-8-18(12-17)33-22(36)15-35-20(11-16-5-2-1-3-6-16)14-34(23(35)37)19-9-10-21(32-13-19)25(29,30)31/h1-10,12-13,20H,11,14-15H2,(H,33,36)/t20-/m0/s1. The molecule has 1 saturated heterocycles. The van der Waals surface area contributed by atoms with E-state index in [2.05, 4.69) is 10.3 Å². The van der Waals surface area contributed by atoms with E-state index in [-0.39, 0.29) is 17.9 Å². The number of urea groups is 1. The fourth-order valence-corrected chi connectivity index (χ4v) is 4.01. The van der Waals surface area contributed by atoms with Gasteiger partial charge in [-0.05, 0) is 42.3 Å². The third kappa shape index (κ3) is 6.19. The minimum absolute atomic E-state index is 0.0671. The van der Waals surface area contributed by atoms with Crippen LogP contribution in [0.3, 0.4) is 0 Å². The first-order chi connectivity index (χ1) is 17.4. The summed E-state index contributed by atoms with van der Waals surface area (Å²) >= 11 is 0. The molecule has 1 aromatic heterocycles. The quantitative estimate of drug-likeness (QED) is 0.428. The topological polar surface area (TPSA) is 65.5 Å². The maximum absolute atomic E-state index is 13.2. The Kier molecular flexibility index (Phi) is 7.10. The molecule has 194 valence electrons. The number of nitrogens with one attached hydrogen (secondary N) is 1. The zero-order chi connectivity index (χ0) is 26.8. The molecule has 4 rings (SSSR count). The number of carbonyl (C=O) groups excluding carboxylic acids is 2. The number of halogens is 6. The maximum atomic E-state index is 13.2. The molecular weight excluding hydrogens is 502 g/mol. The second-order valence-electron chi connectivity index (χ2n) is 8.39. The van der Waals surface area contributed by atoms with Crippen LogP contribution in [0.5, 0.6) is 0 Å². The largest absolute Gasteiger partial charge is 0.433 e. The van der Waals surface area contributed by atoms with Crippen molar-refractivity contribution in [3.63, 3.8) is 0 Å². The van der Waals surface area contributed by atoms with Crippen LogP contribution < -0.4 is 10.2 Å². The van der Waals surface area contributed by atoms with Crippen LogP contribution >= 0.6 is 0 Å². The van der Waals surface area contributed by atoms with Gasteiger partial charge in [-0.3, -0.25) is 9.69 Å². The first-order valence-corrected chi connectivity index (χ1v) is 11.0. The van der Waals surface area contributed by atoms with Gasteiger partial charge in [0.25, 0.3) is 0 Å². The van der Waals surface area contributed by atoms with Crippen molar-refractivity contribution < 1.29 is 35.9 Å². The lowest BCUT2D eigenvalue weighted by Gasteiger charge is -2.23. The molecule has 2 heterocycles. The molecule has 2 aromatic carbocycles. The molecule has 1 aliphatic heterocycles. The van der Waals surface area contributed by atoms with E-state index in [1.807, 2.05) is 18.2 Å². The summed E-state index contributed by atoms with van der Waals surface area (Å²) in [5.74, 6) is -0.724. The van der Waals surface area contributed by atoms with Gasteiger partial charge in [0.2, 0.25) is 5.91 Å². The summed E-state index contributed by atoms with van der Waals surface area (Å²) in [6.07, 6.45) is -7.96. The Morgan fingerprint density at radius 3 is 2.30 bits per heavy atom. The normalized spacial score (nSPS) is 16.3. The molecule has 3 aromatic rings. The van der Waals surface area contributed by atoms with E-state index in [0.717, 1.165) is 42.1 Å². The fraction of sp³-hybridized carbons (Fsp3) is 0.240. The highest BCUT2D eigenvalue weighted by atomic mass is 19.4. The molecule has 0 aliphatic carbocycles. The van der Waals surface area contributed by atoms with Gasteiger partial charge >= 0.3 is 18.4 Å². The Labute approximate surface area is 207 Å². The third-order valence-corrected chi connectivity index (χ3v) is 5.76. The first-order valence-electron chi connectivity index (χ1n) is 11.0. The molecule has 1 fully saturated rings. The minimum atomic E-state index is -4.64. The summed E-state index contributed by atoms with van der Waals surface area (Å²) in [4.78, 5) is 31.8. The van der Waals surface area contributed by atoms with Crippen LogP contribution in [0.15, 0.2) is 72.9 Å². The number of benzene rings is 2. The molecular formula is C25H20F6N4O2. The van der Waals surface area contributed by atoms with Gasteiger partial charge in [0.1, 0.15) is 12.2 Å². The number of alkyl halides is 6. The molecule has 12 heteroatoms. The summed E-state index contributed by atoms with van der Waals surface area (Å²) in [5.41, 5.74) is -1.16. The molecule has 1 N–H and O–H groups in total. The number of anilines is 2. The monoisotopic (exact) mass is 522 g/mol. The van der Waals surface area contributed by atoms with Crippen molar-refractivity contribution in [1.29, 1.82) is 0 Å². The second kappa shape index (κ2) is 10.1. The fourth-order valence-electron chi connectivity index (χ4n) is 4.01. The lowest BCUT2D eigenvalue weighted by Crippen LogP contribution is -2.41. The zero-order valence-electron chi connectivity index (χ0n) is 19.1. The molecule has 0 saturated carbocycles. The van der Waals surface area contributed by atoms with Gasteiger partial charge in [-0.2, -0.15) is 26.3 Å². The van der Waals surface area contributed by atoms with Crippen LogP contribution in [-0.4, -0.2) is 41.0 Å². The average molecular weight is 522 g/mol. The van der Waals surface area contributed by atoms with Gasteiger partial charge in [-0.1, -0.05) is 36.4 Å². The predicted molar refractivity (Wildman–Crippen MR) is 123 cm³/mol. The van der Waals surface area contributed by atoms with Crippen molar-refractivity contribution in [2.45, 2.75) is 24.8 Å². The minimum Gasteiger partial charge on any atom is -0.325 e. The van der Waals surface area contributed by atoms with Gasteiger partial charge < -0.3 is 10.2 Å². The van der Waals surface area contributed by atoms with E-state index >= 15 is 0 Å².